The van der Waals surface area contributed by atoms with Crippen molar-refractivity contribution in [3.8, 4) is 28.8 Å². The standard InChI is InChI=1S/C25H28N4O6S/c1-15-8-6-9-18(26-15)24(30)17(3)36(31,32)14-22-27-28-25(21-13-12-16(2)35-21)29(22)23-19(33-4)10-7-11-20(23)34-5/h6-13,17,24,30H,14H2,1-5H3/t17-,24-/m0/s1. The Morgan fingerprint density at radius 2 is 1.67 bits per heavy atom. The fourth-order valence-electron chi connectivity index (χ4n) is 3.89. The van der Waals surface area contributed by atoms with Gasteiger partial charge >= 0.3 is 0 Å². The predicted octanol–water partition coefficient (Wildman–Crippen LogP) is 3.59. The lowest BCUT2D eigenvalue weighted by molar-refractivity contribution is 0.171. The number of furan rings is 1. The minimum atomic E-state index is -3.93. The number of pyridine rings is 1. The van der Waals surface area contributed by atoms with Crippen molar-refractivity contribution in [2.24, 2.45) is 0 Å². The molecule has 190 valence electrons. The summed E-state index contributed by atoms with van der Waals surface area (Å²) in [4.78, 5) is 4.28. The van der Waals surface area contributed by atoms with Gasteiger partial charge in [0, 0.05) is 5.69 Å². The monoisotopic (exact) mass is 512 g/mol. The van der Waals surface area contributed by atoms with Crippen molar-refractivity contribution in [3.05, 3.63) is 71.5 Å². The summed E-state index contributed by atoms with van der Waals surface area (Å²) in [5.74, 6) is 1.79. The number of sulfone groups is 1. The van der Waals surface area contributed by atoms with Crippen LogP contribution >= 0.6 is 0 Å². The van der Waals surface area contributed by atoms with Gasteiger partial charge in [0.25, 0.3) is 0 Å². The van der Waals surface area contributed by atoms with Crippen LogP contribution in [-0.2, 0) is 15.6 Å². The zero-order valence-electron chi connectivity index (χ0n) is 20.7. The topological polar surface area (TPSA) is 130 Å². The number of methoxy groups -OCH3 is 2. The zero-order valence-corrected chi connectivity index (χ0v) is 21.5. The number of nitrogens with zero attached hydrogens (tertiary/aromatic N) is 4. The SMILES string of the molecule is COc1cccc(OC)c1-n1c(CS(=O)(=O)[C@@H](C)[C@H](O)c2cccc(C)n2)nnc1-c1ccc(C)o1. The largest absolute Gasteiger partial charge is 0.494 e. The molecule has 36 heavy (non-hydrogen) atoms. The Bertz CT molecular complexity index is 1460. The van der Waals surface area contributed by atoms with Crippen molar-refractivity contribution >= 4 is 9.84 Å². The van der Waals surface area contributed by atoms with Gasteiger partial charge in [-0.25, -0.2) is 8.42 Å². The van der Waals surface area contributed by atoms with E-state index >= 15 is 0 Å². The first-order valence-corrected chi connectivity index (χ1v) is 12.9. The highest BCUT2D eigenvalue weighted by molar-refractivity contribution is 7.91. The van der Waals surface area contributed by atoms with E-state index in [0.29, 0.717) is 34.4 Å². The van der Waals surface area contributed by atoms with E-state index in [2.05, 4.69) is 15.2 Å². The highest BCUT2D eigenvalue weighted by Crippen LogP contribution is 2.37. The molecule has 0 bridgehead atoms. The Morgan fingerprint density at radius 3 is 2.25 bits per heavy atom. The number of aromatic nitrogens is 4. The molecule has 0 fully saturated rings. The molecule has 0 unspecified atom stereocenters. The van der Waals surface area contributed by atoms with Crippen molar-refractivity contribution in [1.29, 1.82) is 0 Å². The van der Waals surface area contributed by atoms with Crippen LogP contribution in [0.3, 0.4) is 0 Å². The molecule has 11 heteroatoms. The Morgan fingerprint density at radius 1 is 1.00 bits per heavy atom. The van der Waals surface area contributed by atoms with Crippen molar-refractivity contribution in [2.75, 3.05) is 14.2 Å². The maximum absolute atomic E-state index is 13.5. The van der Waals surface area contributed by atoms with Crippen LogP contribution in [-0.4, -0.2) is 52.7 Å². The molecule has 4 aromatic rings. The predicted molar refractivity (Wildman–Crippen MR) is 133 cm³/mol. The molecule has 0 aliphatic carbocycles. The Kier molecular flexibility index (Phi) is 7.14. The third kappa shape index (κ3) is 4.84. The average molecular weight is 513 g/mol. The summed E-state index contributed by atoms with van der Waals surface area (Å²) in [5, 5.41) is 18.1. The van der Waals surface area contributed by atoms with Gasteiger partial charge in [-0.2, -0.15) is 0 Å². The van der Waals surface area contributed by atoms with Crippen LogP contribution in [0.5, 0.6) is 11.5 Å². The van der Waals surface area contributed by atoms with E-state index in [-0.39, 0.29) is 17.3 Å². The summed E-state index contributed by atoms with van der Waals surface area (Å²) in [6, 6.07) is 13.8. The van der Waals surface area contributed by atoms with Gasteiger partial charge in [0.05, 0.1) is 25.2 Å². The highest BCUT2D eigenvalue weighted by atomic mass is 32.2. The first kappa shape index (κ1) is 25.4. The molecule has 10 nitrogen and oxygen atoms in total. The van der Waals surface area contributed by atoms with Crippen molar-refractivity contribution in [2.45, 2.75) is 37.9 Å². The van der Waals surface area contributed by atoms with E-state index in [1.165, 1.54) is 21.1 Å². The molecule has 2 atom stereocenters. The van der Waals surface area contributed by atoms with Gasteiger partial charge in [-0.05, 0) is 57.2 Å². The molecule has 0 spiro atoms. The highest BCUT2D eigenvalue weighted by Gasteiger charge is 2.34. The maximum Gasteiger partial charge on any atom is 0.204 e. The molecule has 0 saturated carbocycles. The molecule has 3 aromatic heterocycles. The second kappa shape index (κ2) is 10.1. The van der Waals surface area contributed by atoms with Crippen LogP contribution in [0.15, 0.2) is 52.9 Å². The van der Waals surface area contributed by atoms with Crippen LogP contribution in [0, 0.1) is 13.8 Å². The lowest BCUT2D eigenvalue weighted by Gasteiger charge is -2.20. The third-order valence-corrected chi connectivity index (χ3v) is 7.92. The lowest BCUT2D eigenvalue weighted by Crippen LogP contribution is -2.28. The number of aliphatic hydroxyl groups is 1. The molecule has 1 N–H and O–H groups in total. The molecular formula is C25H28N4O6S. The zero-order chi connectivity index (χ0) is 26.0. The second-order valence-corrected chi connectivity index (χ2v) is 10.7. The van der Waals surface area contributed by atoms with E-state index in [1.54, 1.807) is 66.9 Å². The van der Waals surface area contributed by atoms with Crippen molar-refractivity contribution in [3.63, 3.8) is 0 Å². The molecule has 3 heterocycles. The number of hydrogen-bond donors (Lipinski definition) is 1. The van der Waals surface area contributed by atoms with Crippen LogP contribution in [0.1, 0.15) is 36.0 Å². The average Bonchev–Trinajstić information content (AvgIpc) is 3.47. The third-order valence-electron chi connectivity index (χ3n) is 5.87. The summed E-state index contributed by atoms with van der Waals surface area (Å²) >= 11 is 0. The quantitative estimate of drug-likeness (QED) is 0.357. The van der Waals surface area contributed by atoms with E-state index in [0.717, 1.165) is 0 Å². The summed E-state index contributed by atoms with van der Waals surface area (Å²) in [6.45, 7) is 5.02. The van der Waals surface area contributed by atoms with Gasteiger partial charge in [0.2, 0.25) is 5.82 Å². The molecule has 0 saturated heterocycles. The molecule has 4 rings (SSSR count). The number of benzene rings is 1. The van der Waals surface area contributed by atoms with Gasteiger partial charge in [-0.15, -0.1) is 10.2 Å². The van der Waals surface area contributed by atoms with Gasteiger partial charge in [0.15, 0.2) is 21.4 Å². The smallest absolute Gasteiger partial charge is 0.204 e. The summed E-state index contributed by atoms with van der Waals surface area (Å²) < 4.78 is 45.4. The van der Waals surface area contributed by atoms with Crippen LogP contribution in [0.25, 0.3) is 17.3 Å². The van der Waals surface area contributed by atoms with Crippen molar-refractivity contribution < 1.29 is 27.4 Å². The first-order chi connectivity index (χ1) is 17.2. The van der Waals surface area contributed by atoms with Crippen LogP contribution in [0.2, 0.25) is 0 Å². The number of aryl methyl sites for hydroxylation is 2. The number of aliphatic hydroxyl groups excluding tert-OH is 1. The van der Waals surface area contributed by atoms with Gasteiger partial charge in [-0.1, -0.05) is 12.1 Å². The number of para-hydroxylation sites is 1. The first-order valence-electron chi connectivity index (χ1n) is 11.2. The Hall–Kier alpha value is -3.70. The molecule has 0 amide bonds. The van der Waals surface area contributed by atoms with Crippen molar-refractivity contribution in [1.82, 2.24) is 19.7 Å². The summed E-state index contributed by atoms with van der Waals surface area (Å²) in [7, 11) is -0.926. The van der Waals surface area contributed by atoms with E-state index in [1.807, 2.05) is 0 Å². The summed E-state index contributed by atoms with van der Waals surface area (Å²) in [6.07, 6.45) is -1.32. The minimum absolute atomic E-state index is 0.109. The molecule has 1 aromatic carbocycles. The van der Waals surface area contributed by atoms with E-state index in [9.17, 15) is 13.5 Å². The summed E-state index contributed by atoms with van der Waals surface area (Å²) in [5.41, 5.74) is 1.39. The molecule has 0 aliphatic heterocycles. The molecule has 0 radical (unpaired) electrons. The Balaban J connectivity index is 1.82. The number of hydrogen-bond acceptors (Lipinski definition) is 9. The molecule has 0 aliphatic rings. The van der Waals surface area contributed by atoms with Crippen LogP contribution < -0.4 is 9.47 Å². The number of rotatable bonds is 9. The van der Waals surface area contributed by atoms with Gasteiger partial charge < -0.3 is 19.0 Å². The minimum Gasteiger partial charge on any atom is -0.494 e. The van der Waals surface area contributed by atoms with Gasteiger partial charge in [-0.3, -0.25) is 9.55 Å². The van der Waals surface area contributed by atoms with Crippen LogP contribution in [0.4, 0.5) is 0 Å². The fraction of sp³-hybridized carbons (Fsp3) is 0.320. The fourth-order valence-corrected chi connectivity index (χ4v) is 5.23. The van der Waals surface area contributed by atoms with Gasteiger partial charge in [0.1, 0.15) is 34.8 Å². The molecular weight excluding hydrogens is 484 g/mol. The second-order valence-electron chi connectivity index (χ2n) is 8.36. The number of ether oxygens (including phenoxy) is 2. The lowest BCUT2D eigenvalue weighted by atomic mass is 10.1. The van der Waals surface area contributed by atoms with E-state index < -0.39 is 26.9 Å². The maximum atomic E-state index is 13.5. The van der Waals surface area contributed by atoms with E-state index in [4.69, 9.17) is 13.9 Å². The normalized spacial score (nSPS) is 13.4. The Labute approximate surface area is 209 Å².